The summed E-state index contributed by atoms with van der Waals surface area (Å²) < 4.78 is 1.88. The molecule has 22 heavy (non-hydrogen) atoms. The molecule has 2 rings (SSSR count). The van der Waals surface area contributed by atoms with Crippen LogP contribution in [0, 0.1) is 0 Å². The van der Waals surface area contributed by atoms with Gasteiger partial charge in [0.25, 0.3) is 0 Å². The van der Waals surface area contributed by atoms with E-state index in [1.165, 1.54) is 6.07 Å². The highest BCUT2D eigenvalue weighted by Crippen LogP contribution is 2.22. The number of piperazine rings is 1. The molecule has 124 valence electrons. The Bertz CT molecular complexity index is 560. The van der Waals surface area contributed by atoms with E-state index in [1.807, 2.05) is 18.4 Å². The second kappa shape index (κ2) is 7.26. The van der Waals surface area contributed by atoms with Crippen LogP contribution in [0.4, 0.5) is 0 Å². The molecule has 6 heteroatoms. The minimum atomic E-state index is -0.414. The van der Waals surface area contributed by atoms with Crippen molar-refractivity contribution in [3.8, 4) is 5.75 Å². The van der Waals surface area contributed by atoms with Gasteiger partial charge in [-0.3, -0.25) is 9.69 Å². The fraction of sp³-hybridized carbons (Fsp3) is 0.688. The number of aliphatic hydroxyl groups is 1. The molecule has 2 N–H and O–H groups in total. The lowest BCUT2D eigenvalue weighted by molar-refractivity contribution is 0.127. The van der Waals surface area contributed by atoms with Crippen molar-refractivity contribution in [1.82, 2.24) is 14.4 Å². The van der Waals surface area contributed by atoms with Gasteiger partial charge in [-0.2, -0.15) is 0 Å². The first-order valence-corrected chi connectivity index (χ1v) is 7.99. The van der Waals surface area contributed by atoms with E-state index in [-0.39, 0.29) is 18.4 Å². The molecule has 1 aliphatic heterocycles. The lowest BCUT2D eigenvalue weighted by Gasteiger charge is -2.35. The van der Waals surface area contributed by atoms with E-state index in [0.717, 1.165) is 32.7 Å². The smallest absolute Gasteiger partial charge is 0.223 e. The van der Waals surface area contributed by atoms with Gasteiger partial charge in [-0.15, -0.1) is 0 Å². The molecular weight excluding hydrogens is 282 g/mol. The van der Waals surface area contributed by atoms with Crippen LogP contribution in [0.15, 0.2) is 10.9 Å². The van der Waals surface area contributed by atoms with Crippen molar-refractivity contribution >= 4 is 0 Å². The second-order valence-corrected chi connectivity index (χ2v) is 6.13. The molecule has 0 bridgehead atoms. The average Bonchev–Trinajstić information content (AvgIpc) is 2.51. The molecule has 1 saturated heterocycles. The second-order valence-electron chi connectivity index (χ2n) is 6.13. The highest BCUT2D eigenvalue weighted by atomic mass is 16.3. The molecule has 2 heterocycles. The number of aromatic hydroxyl groups is 1. The number of nitrogens with zero attached hydrogens (tertiary/aromatic N) is 3. The molecule has 0 aromatic carbocycles. The van der Waals surface area contributed by atoms with Gasteiger partial charge in [-0.25, -0.2) is 0 Å². The summed E-state index contributed by atoms with van der Waals surface area (Å²) in [7, 11) is 0. The highest BCUT2D eigenvalue weighted by molar-refractivity contribution is 5.30. The molecular formula is C16H27N3O3. The van der Waals surface area contributed by atoms with Crippen LogP contribution in [-0.4, -0.2) is 57.3 Å². The van der Waals surface area contributed by atoms with Gasteiger partial charge in [-0.1, -0.05) is 6.92 Å². The standard InChI is InChI=1S/C16H27N3O3/c1-4-17-5-7-18(8-6-17)10-14-16(22)15(21)9-13(11-20)19(14)12(2)3/h9,12,20,22H,4-8,10-11H2,1-3H3. The summed E-state index contributed by atoms with van der Waals surface area (Å²) in [6, 6.07) is 1.40. The maximum absolute atomic E-state index is 11.9. The Morgan fingerprint density at radius 2 is 1.77 bits per heavy atom. The van der Waals surface area contributed by atoms with Crippen LogP contribution in [0.3, 0.4) is 0 Å². The van der Waals surface area contributed by atoms with E-state index in [4.69, 9.17) is 0 Å². The third-order valence-electron chi connectivity index (χ3n) is 4.37. The molecule has 0 saturated carbocycles. The summed E-state index contributed by atoms with van der Waals surface area (Å²) >= 11 is 0. The first kappa shape index (κ1) is 17.0. The quantitative estimate of drug-likeness (QED) is 0.841. The predicted octanol–water partition coefficient (Wildman–Crippen LogP) is 0.765. The number of rotatable bonds is 5. The van der Waals surface area contributed by atoms with Crippen LogP contribution in [0.2, 0.25) is 0 Å². The van der Waals surface area contributed by atoms with Gasteiger partial charge in [-0.05, 0) is 20.4 Å². The molecule has 0 spiro atoms. The van der Waals surface area contributed by atoms with E-state index in [9.17, 15) is 15.0 Å². The van der Waals surface area contributed by atoms with Crippen LogP contribution >= 0.6 is 0 Å². The molecule has 1 aromatic rings. The highest BCUT2D eigenvalue weighted by Gasteiger charge is 2.21. The summed E-state index contributed by atoms with van der Waals surface area (Å²) in [5, 5.41) is 19.7. The SMILES string of the molecule is CCN1CCN(Cc2c(O)c(=O)cc(CO)n2C(C)C)CC1. The van der Waals surface area contributed by atoms with E-state index >= 15 is 0 Å². The molecule has 0 unspecified atom stereocenters. The Morgan fingerprint density at radius 3 is 2.27 bits per heavy atom. The van der Waals surface area contributed by atoms with Crippen LogP contribution in [-0.2, 0) is 13.2 Å². The molecule has 0 atom stereocenters. The van der Waals surface area contributed by atoms with Crippen molar-refractivity contribution in [2.75, 3.05) is 32.7 Å². The Labute approximate surface area is 131 Å². The maximum Gasteiger partial charge on any atom is 0.223 e. The molecule has 6 nitrogen and oxygen atoms in total. The summed E-state index contributed by atoms with van der Waals surface area (Å²) in [5.41, 5.74) is 0.750. The van der Waals surface area contributed by atoms with Crippen molar-refractivity contribution in [1.29, 1.82) is 0 Å². The third-order valence-corrected chi connectivity index (χ3v) is 4.37. The largest absolute Gasteiger partial charge is 0.503 e. The molecule has 1 aliphatic rings. The zero-order valence-electron chi connectivity index (χ0n) is 13.7. The summed E-state index contributed by atoms with van der Waals surface area (Å²) in [5.74, 6) is -0.191. The Morgan fingerprint density at radius 1 is 1.18 bits per heavy atom. The number of hydrogen-bond donors (Lipinski definition) is 2. The first-order valence-electron chi connectivity index (χ1n) is 7.99. The van der Waals surface area contributed by atoms with Crippen molar-refractivity contribution in [3.05, 3.63) is 27.7 Å². The number of hydrogen-bond acceptors (Lipinski definition) is 5. The Kier molecular flexibility index (Phi) is 5.61. The van der Waals surface area contributed by atoms with Gasteiger partial charge >= 0.3 is 0 Å². The lowest BCUT2D eigenvalue weighted by atomic mass is 10.2. The molecule has 1 fully saturated rings. The minimum Gasteiger partial charge on any atom is -0.503 e. The molecule has 0 aliphatic carbocycles. The molecule has 0 amide bonds. The summed E-state index contributed by atoms with van der Waals surface area (Å²) in [4.78, 5) is 16.6. The number of aromatic nitrogens is 1. The van der Waals surface area contributed by atoms with E-state index < -0.39 is 5.43 Å². The van der Waals surface area contributed by atoms with E-state index in [1.54, 1.807) is 0 Å². The molecule has 0 radical (unpaired) electrons. The maximum atomic E-state index is 11.9. The normalized spacial score (nSPS) is 17.3. The Hall–Kier alpha value is -1.37. The van der Waals surface area contributed by atoms with Gasteiger partial charge in [0, 0.05) is 50.5 Å². The average molecular weight is 309 g/mol. The zero-order chi connectivity index (χ0) is 16.3. The zero-order valence-corrected chi connectivity index (χ0v) is 13.7. The Balaban J connectivity index is 2.29. The van der Waals surface area contributed by atoms with Crippen LogP contribution in [0.5, 0.6) is 5.75 Å². The minimum absolute atomic E-state index is 0.0700. The van der Waals surface area contributed by atoms with E-state index in [2.05, 4.69) is 16.7 Å². The van der Waals surface area contributed by atoms with Crippen molar-refractivity contribution in [3.63, 3.8) is 0 Å². The van der Waals surface area contributed by atoms with E-state index in [0.29, 0.717) is 17.9 Å². The van der Waals surface area contributed by atoms with Crippen LogP contribution in [0.1, 0.15) is 38.2 Å². The lowest BCUT2D eigenvalue weighted by Crippen LogP contribution is -2.46. The van der Waals surface area contributed by atoms with Gasteiger partial charge in [0.05, 0.1) is 12.3 Å². The van der Waals surface area contributed by atoms with Gasteiger partial charge in [0.15, 0.2) is 5.75 Å². The number of pyridine rings is 1. The predicted molar refractivity (Wildman–Crippen MR) is 86.1 cm³/mol. The molecule has 1 aromatic heterocycles. The van der Waals surface area contributed by atoms with Crippen LogP contribution in [0.25, 0.3) is 0 Å². The van der Waals surface area contributed by atoms with Crippen molar-refractivity contribution in [2.45, 2.75) is 40.0 Å². The monoisotopic (exact) mass is 309 g/mol. The van der Waals surface area contributed by atoms with Gasteiger partial charge in [0.2, 0.25) is 5.43 Å². The van der Waals surface area contributed by atoms with Crippen molar-refractivity contribution in [2.24, 2.45) is 0 Å². The summed E-state index contributed by atoms with van der Waals surface area (Å²) in [6.07, 6.45) is 0. The fourth-order valence-electron chi connectivity index (χ4n) is 3.11. The third kappa shape index (κ3) is 3.51. The topological polar surface area (TPSA) is 68.9 Å². The van der Waals surface area contributed by atoms with Gasteiger partial charge in [0.1, 0.15) is 0 Å². The number of aliphatic hydroxyl groups excluding tert-OH is 1. The van der Waals surface area contributed by atoms with Crippen LogP contribution < -0.4 is 5.43 Å². The van der Waals surface area contributed by atoms with Crippen molar-refractivity contribution < 1.29 is 10.2 Å². The summed E-state index contributed by atoms with van der Waals surface area (Å²) in [6.45, 7) is 11.4. The van der Waals surface area contributed by atoms with Gasteiger partial charge < -0.3 is 19.7 Å². The first-order chi connectivity index (χ1) is 10.5. The number of likely N-dealkylation sites (N-methyl/N-ethyl adjacent to an activating group) is 1. The fourth-order valence-corrected chi connectivity index (χ4v) is 3.11.